The molecule has 0 saturated carbocycles. The maximum atomic E-state index is 12.8. The highest BCUT2D eigenvalue weighted by molar-refractivity contribution is 5.88. The zero-order chi connectivity index (χ0) is 19.0. The Bertz CT molecular complexity index is 669. The molecule has 138 valence electrons. The Labute approximate surface area is 143 Å². The molecule has 5 nitrogen and oxygen atoms in total. The van der Waals surface area contributed by atoms with Gasteiger partial charge in [0.05, 0.1) is 10.8 Å². The second-order valence-corrected chi connectivity index (χ2v) is 7.04. The quantitative estimate of drug-likeness (QED) is 0.897. The lowest BCUT2D eigenvalue weighted by Crippen LogP contribution is -2.44. The zero-order valence-corrected chi connectivity index (χ0v) is 14.2. The molecule has 0 aliphatic carbocycles. The number of likely N-dealkylation sites (tertiary alicyclic amines) is 1. The Kier molecular flexibility index (Phi) is 4.76. The maximum absolute atomic E-state index is 12.8. The predicted octanol–water partition coefficient (Wildman–Crippen LogP) is 3.19. The molecule has 1 aromatic carbocycles. The molecule has 1 aliphatic heterocycles. The topological polar surface area (TPSA) is 66.8 Å². The summed E-state index contributed by atoms with van der Waals surface area (Å²) in [6, 6.07) is 5.13. The summed E-state index contributed by atoms with van der Waals surface area (Å²) in [4.78, 5) is 25.6. The Morgan fingerprint density at radius 1 is 1.20 bits per heavy atom. The number of carbonyl (C=O) groups excluding carboxylic acids is 1. The maximum Gasteiger partial charge on any atom is 0.573 e. The van der Waals surface area contributed by atoms with E-state index >= 15 is 0 Å². The smallest absolute Gasteiger partial charge is 0.481 e. The Hall–Kier alpha value is -2.25. The lowest BCUT2D eigenvalue weighted by molar-refractivity contribution is -0.274. The van der Waals surface area contributed by atoms with Gasteiger partial charge in [-0.15, -0.1) is 13.2 Å². The molecular weight excluding hydrogens is 339 g/mol. The fourth-order valence-electron chi connectivity index (χ4n) is 2.90. The number of amides is 1. The lowest BCUT2D eigenvalue weighted by Gasteiger charge is -2.30. The lowest BCUT2D eigenvalue weighted by atomic mass is 9.83. The molecule has 1 heterocycles. The third-order valence-electron chi connectivity index (χ3n) is 4.62. The van der Waals surface area contributed by atoms with Crippen molar-refractivity contribution in [2.45, 2.75) is 39.0 Å². The van der Waals surface area contributed by atoms with Crippen molar-refractivity contribution in [2.24, 2.45) is 5.41 Å². The summed E-state index contributed by atoms with van der Waals surface area (Å²) in [6.45, 7) is 5.36. The molecule has 1 saturated heterocycles. The number of aliphatic carboxylic acids is 1. The summed E-state index contributed by atoms with van der Waals surface area (Å²) in [5.74, 6) is -1.57. The first kappa shape index (κ1) is 19.1. The van der Waals surface area contributed by atoms with Gasteiger partial charge in [0.25, 0.3) is 0 Å². The first-order chi connectivity index (χ1) is 11.3. The largest absolute Gasteiger partial charge is 0.573 e. The van der Waals surface area contributed by atoms with Gasteiger partial charge >= 0.3 is 12.3 Å². The van der Waals surface area contributed by atoms with E-state index in [0.717, 1.165) is 12.1 Å². The minimum absolute atomic E-state index is 0.111. The fraction of sp³-hybridized carbons (Fsp3) is 0.529. The highest BCUT2D eigenvalue weighted by Crippen LogP contribution is 2.35. The Morgan fingerprint density at radius 3 is 2.20 bits per heavy atom. The number of hydrogen-bond acceptors (Lipinski definition) is 3. The highest BCUT2D eigenvalue weighted by Gasteiger charge is 2.45. The van der Waals surface area contributed by atoms with Gasteiger partial charge in [-0.25, -0.2) is 0 Å². The van der Waals surface area contributed by atoms with Crippen LogP contribution in [0.15, 0.2) is 24.3 Å². The molecule has 1 fully saturated rings. The number of benzene rings is 1. The SMILES string of the molecule is CC1(C(=O)O)CCN(C(=O)C(C)(C)c2ccc(OC(F)(F)F)cc2)C1. The summed E-state index contributed by atoms with van der Waals surface area (Å²) in [7, 11) is 0. The Balaban J connectivity index is 2.15. The molecule has 0 bridgehead atoms. The molecule has 0 radical (unpaired) electrons. The highest BCUT2D eigenvalue weighted by atomic mass is 19.4. The van der Waals surface area contributed by atoms with Crippen LogP contribution >= 0.6 is 0 Å². The van der Waals surface area contributed by atoms with Crippen molar-refractivity contribution >= 4 is 11.9 Å². The number of carbonyl (C=O) groups is 2. The number of nitrogens with zero attached hydrogens (tertiary/aromatic N) is 1. The average molecular weight is 359 g/mol. The summed E-state index contributed by atoms with van der Waals surface area (Å²) < 4.78 is 40.5. The van der Waals surface area contributed by atoms with Crippen LogP contribution in [0.5, 0.6) is 5.75 Å². The van der Waals surface area contributed by atoms with Gasteiger partial charge in [-0.1, -0.05) is 12.1 Å². The molecule has 1 N–H and O–H groups in total. The molecule has 8 heteroatoms. The number of alkyl halides is 3. The van der Waals surface area contributed by atoms with E-state index in [4.69, 9.17) is 0 Å². The summed E-state index contributed by atoms with van der Waals surface area (Å²) in [5.41, 5.74) is -1.45. The van der Waals surface area contributed by atoms with E-state index in [9.17, 15) is 27.9 Å². The number of rotatable bonds is 4. The number of hydrogen-bond donors (Lipinski definition) is 1. The summed E-state index contributed by atoms with van der Waals surface area (Å²) in [6.07, 6.45) is -4.41. The van der Waals surface area contributed by atoms with Crippen LogP contribution < -0.4 is 4.74 Å². The number of carboxylic acid groups (broad SMARTS) is 1. The van der Waals surface area contributed by atoms with Crippen molar-refractivity contribution in [3.05, 3.63) is 29.8 Å². The Morgan fingerprint density at radius 2 is 1.76 bits per heavy atom. The van der Waals surface area contributed by atoms with Gasteiger partial charge in [-0.3, -0.25) is 9.59 Å². The molecular formula is C17H20F3NO4. The molecule has 1 unspecified atom stereocenters. The van der Waals surface area contributed by atoms with Crippen LogP contribution in [0.3, 0.4) is 0 Å². The van der Waals surface area contributed by atoms with Gasteiger partial charge < -0.3 is 14.7 Å². The molecule has 1 atom stereocenters. The van der Waals surface area contributed by atoms with E-state index in [1.165, 1.54) is 17.0 Å². The van der Waals surface area contributed by atoms with Gasteiger partial charge in [0.1, 0.15) is 5.75 Å². The molecule has 1 amide bonds. The monoisotopic (exact) mass is 359 g/mol. The molecule has 2 rings (SSSR count). The van der Waals surface area contributed by atoms with E-state index in [-0.39, 0.29) is 18.2 Å². The van der Waals surface area contributed by atoms with Crippen LogP contribution in [0.2, 0.25) is 0 Å². The molecule has 1 aromatic rings. The standard InChI is InChI=1S/C17H20F3NO4/c1-15(2,11-4-6-12(7-5-11)25-17(18,19)20)13(22)21-9-8-16(3,10-21)14(23)24/h4-7H,8-10H2,1-3H3,(H,23,24). The summed E-state index contributed by atoms with van der Waals surface area (Å²) >= 11 is 0. The van der Waals surface area contributed by atoms with E-state index in [0.29, 0.717) is 18.5 Å². The van der Waals surface area contributed by atoms with Crippen molar-refractivity contribution in [3.8, 4) is 5.75 Å². The first-order valence-corrected chi connectivity index (χ1v) is 7.74. The molecule has 0 aromatic heterocycles. The third kappa shape index (κ3) is 4.05. The molecule has 1 aliphatic rings. The average Bonchev–Trinajstić information content (AvgIpc) is 2.89. The zero-order valence-electron chi connectivity index (χ0n) is 14.2. The van der Waals surface area contributed by atoms with Crippen LogP contribution in [0.25, 0.3) is 0 Å². The van der Waals surface area contributed by atoms with Gasteiger partial charge in [-0.05, 0) is 44.9 Å². The normalized spacial score (nSPS) is 21.3. The molecule has 0 spiro atoms. The second-order valence-electron chi connectivity index (χ2n) is 7.04. The number of halogens is 3. The van der Waals surface area contributed by atoms with E-state index < -0.39 is 23.2 Å². The van der Waals surface area contributed by atoms with Gasteiger partial charge in [0, 0.05) is 13.1 Å². The van der Waals surface area contributed by atoms with Crippen molar-refractivity contribution in [3.63, 3.8) is 0 Å². The van der Waals surface area contributed by atoms with Gasteiger partial charge in [0.2, 0.25) is 5.91 Å². The van der Waals surface area contributed by atoms with Crippen LogP contribution in [0.1, 0.15) is 32.8 Å². The van der Waals surface area contributed by atoms with E-state index in [1.807, 2.05) is 0 Å². The number of ether oxygens (including phenoxy) is 1. The minimum atomic E-state index is -4.77. The van der Waals surface area contributed by atoms with Crippen molar-refractivity contribution in [2.75, 3.05) is 13.1 Å². The second kappa shape index (κ2) is 6.24. The van der Waals surface area contributed by atoms with E-state index in [2.05, 4.69) is 4.74 Å². The van der Waals surface area contributed by atoms with Crippen LogP contribution in [0.4, 0.5) is 13.2 Å². The van der Waals surface area contributed by atoms with Crippen molar-refractivity contribution in [1.82, 2.24) is 4.90 Å². The van der Waals surface area contributed by atoms with Crippen LogP contribution in [-0.4, -0.2) is 41.3 Å². The van der Waals surface area contributed by atoms with Crippen LogP contribution in [-0.2, 0) is 15.0 Å². The number of carboxylic acids is 1. The predicted molar refractivity (Wildman–Crippen MR) is 83.1 cm³/mol. The van der Waals surface area contributed by atoms with Gasteiger partial charge in [0.15, 0.2) is 0 Å². The van der Waals surface area contributed by atoms with Crippen molar-refractivity contribution < 1.29 is 32.6 Å². The fourth-order valence-corrected chi connectivity index (χ4v) is 2.90. The first-order valence-electron chi connectivity index (χ1n) is 7.74. The third-order valence-corrected chi connectivity index (χ3v) is 4.62. The van der Waals surface area contributed by atoms with Crippen molar-refractivity contribution in [1.29, 1.82) is 0 Å². The molecule has 25 heavy (non-hydrogen) atoms. The van der Waals surface area contributed by atoms with E-state index in [1.54, 1.807) is 20.8 Å². The summed E-state index contributed by atoms with van der Waals surface area (Å²) in [5, 5.41) is 9.27. The minimum Gasteiger partial charge on any atom is -0.481 e. The van der Waals surface area contributed by atoms with Crippen LogP contribution in [0, 0.1) is 5.41 Å². The van der Waals surface area contributed by atoms with Gasteiger partial charge in [-0.2, -0.15) is 0 Å².